The Morgan fingerprint density at radius 1 is 1.25 bits per heavy atom. The number of hydrogen-bond donors (Lipinski definition) is 2. The molecule has 0 atom stereocenters. The number of urea groups is 1. The summed E-state index contributed by atoms with van der Waals surface area (Å²) in [4.78, 5) is 11.9. The van der Waals surface area contributed by atoms with Crippen molar-refractivity contribution in [1.82, 2.24) is 5.43 Å². The van der Waals surface area contributed by atoms with E-state index in [2.05, 4.69) is 38.4 Å². The number of carbonyl (C=O) groups is 1. The predicted octanol–water partition coefficient (Wildman–Crippen LogP) is 3.85. The SMILES string of the molecule is CCOc1ccc(/C=N/NC(=O)Nc2ccccc2OC)cc1I. The third-order valence-corrected chi connectivity index (χ3v) is 3.83. The summed E-state index contributed by atoms with van der Waals surface area (Å²) in [5.74, 6) is 1.41. The van der Waals surface area contributed by atoms with Crippen LogP contribution in [0.1, 0.15) is 12.5 Å². The topological polar surface area (TPSA) is 72.0 Å². The first-order valence-corrected chi connectivity index (χ1v) is 8.37. The van der Waals surface area contributed by atoms with Gasteiger partial charge in [0.25, 0.3) is 0 Å². The van der Waals surface area contributed by atoms with E-state index in [0.29, 0.717) is 18.0 Å². The van der Waals surface area contributed by atoms with Crippen LogP contribution < -0.4 is 20.2 Å². The summed E-state index contributed by atoms with van der Waals surface area (Å²) in [5.41, 5.74) is 3.85. The number of para-hydroxylation sites is 2. The number of amides is 2. The maximum absolute atomic E-state index is 11.9. The predicted molar refractivity (Wildman–Crippen MR) is 103 cm³/mol. The molecule has 0 bridgehead atoms. The summed E-state index contributed by atoms with van der Waals surface area (Å²) in [6.07, 6.45) is 1.57. The Balaban J connectivity index is 1.93. The molecule has 126 valence electrons. The van der Waals surface area contributed by atoms with E-state index in [9.17, 15) is 4.79 Å². The van der Waals surface area contributed by atoms with Gasteiger partial charge in [0.05, 0.1) is 29.2 Å². The molecule has 0 aliphatic rings. The molecule has 0 aliphatic carbocycles. The fourth-order valence-corrected chi connectivity index (χ4v) is 2.63. The average Bonchev–Trinajstić information content (AvgIpc) is 2.58. The summed E-state index contributed by atoms with van der Waals surface area (Å²) in [5, 5.41) is 6.61. The van der Waals surface area contributed by atoms with Crippen molar-refractivity contribution in [2.45, 2.75) is 6.92 Å². The van der Waals surface area contributed by atoms with E-state index >= 15 is 0 Å². The second-order valence-corrected chi connectivity index (χ2v) is 5.81. The minimum atomic E-state index is -0.448. The Morgan fingerprint density at radius 3 is 2.75 bits per heavy atom. The van der Waals surface area contributed by atoms with E-state index in [-0.39, 0.29) is 0 Å². The van der Waals surface area contributed by atoms with Gasteiger partial charge in [-0.05, 0) is 65.4 Å². The number of hydrazone groups is 1. The molecular weight excluding hydrogens is 421 g/mol. The van der Waals surface area contributed by atoms with E-state index in [0.717, 1.165) is 14.9 Å². The third kappa shape index (κ3) is 5.12. The van der Waals surface area contributed by atoms with E-state index in [1.54, 1.807) is 25.5 Å². The number of rotatable bonds is 6. The zero-order chi connectivity index (χ0) is 17.4. The Labute approximate surface area is 154 Å². The molecule has 2 rings (SSSR count). The Hall–Kier alpha value is -2.29. The highest BCUT2D eigenvalue weighted by molar-refractivity contribution is 14.1. The number of halogens is 1. The van der Waals surface area contributed by atoms with Gasteiger partial charge in [0.1, 0.15) is 11.5 Å². The van der Waals surface area contributed by atoms with E-state index in [1.807, 2.05) is 37.3 Å². The third-order valence-electron chi connectivity index (χ3n) is 2.99. The monoisotopic (exact) mass is 439 g/mol. The van der Waals surface area contributed by atoms with Crippen molar-refractivity contribution in [3.63, 3.8) is 0 Å². The van der Waals surface area contributed by atoms with Crippen LogP contribution in [0.25, 0.3) is 0 Å². The van der Waals surface area contributed by atoms with Crippen molar-refractivity contribution < 1.29 is 14.3 Å². The van der Waals surface area contributed by atoms with Gasteiger partial charge in [0, 0.05) is 0 Å². The van der Waals surface area contributed by atoms with E-state index < -0.39 is 6.03 Å². The van der Waals surface area contributed by atoms with Crippen molar-refractivity contribution in [2.24, 2.45) is 5.10 Å². The molecule has 2 aromatic rings. The largest absolute Gasteiger partial charge is 0.495 e. The first-order valence-electron chi connectivity index (χ1n) is 7.29. The summed E-state index contributed by atoms with van der Waals surface area (Å²) in [6.45, 7) is 2.56. The zero-order valence-electron chi connectivity index (χ0n) is 13.4. The zero-order valence-corrected chi connectivity index (χ0v) is 15.5. The van der Waals surface area contributed by atoms with Gasteiger partial charge in [0.15, 0.2) is 0 Å². The first kappa shape index (κ1) is 18.1. The van der Waals surface area contributed by atoms with Crippen LogP contribution >= 0.6 is 22.6 Å². The van der Waals surface area contributed by atoms with Gasteiger partial charge in [-0.15, -0.1) is 0 Å². The van der Waals surface area contributed by atoms with E-state index in [1.165, 1.54) is 0 Å². The molecule has 0 heterocycles. The number of anilines is 1. The van der Waals surface area contributed by atoms with Gasteiger partial charge >= 0.3 is 6.03 Å². The lowest BCUT2D eigenvalue weighted by molar-refractivity contribution is 0.252. The Morgan fingerprint density at radius 2 is 2.04 bits per heavy atom. The molecule has 0 saturated heterocycles. The smallest absolute Gasteiger partial charge is 0.339 e. The van der Waals surface area contributed by atoms with Crippen LogP contribution in [0.4, 0.5) is 10.5 Å². The van der Waals surface area contributed by atoms with Crippen LogP contribution in [0.15, 0.2) is 47.6 Å². The highest BCUT2D eigenvalue weighted by Gasteiger charge is 2.05. The minimum Gasteiger partial charge on any atom is -0.495 e. The van der Waals surface area contributed by atoms with Crippen molar-refractivity contribution >= 4 is 40.5 Å². The highest BCUT2D eigenvalue weighted by Crippen LogP contribution is 2.23. The molecular formula is C17H18IN3O3. The first-order chi connectivity index (χ1) is 11.6. The van der Waals surface area contributed by atoms with Crippen LogP contribution in [-0.4, -0.2) is 26.0 Å². The molecule has 0 spiro atoms. The lowest BCUT2D eigenvalue weighted by Gasteiger charge is -2.09. The van der Waals surface area contributed by atoms with Crippen molar-refractivity contribution in [1.29, 1.82) is 0 Å². The summed E-state index contributed by atoms with van der Waals surface area (Å²) >= 11 is 2.20. The summed E-state index contributed by atoms with van der Waals surface area (Å²) < 4.78 is 11.6. The van der Waals surface area contributed by atoms with Gasteiger partial charge in [-0.1, -0.05) is 12.1 Å². The molecule has 0 aromatic heterocycles. The number of carbonyl (C=O) groups excluding carboxylic acids is 1. The number of nitrogens with zero attached hydrogens (tertiary/aromatic N) is 1. The number of hydrogen-bond acceptors (Lipinski definition) is 4. The molecule has 7 heteroatoms. The van der Waals surface area contributed by atoms with Crippen LogP contribution in [0.3, 0.4) is 0 Å². The van der Waals surface area contributed by atoms with E-state index in [4.69, 9.17) is 9.47 Å². The molecule has 0 aliphatic heterocycles. The fraction of sp³-hybridized carbons (Fsp3) is 0.176. The van der Waals surface area contributed by atoms with Gasteiger partial charge < -0.3 is 14.8 Å². The molecule has 6 nitrogen and oxygen atoms in total. The number of ether oxygens (including phenoxy) is 2. The maximum atomic E-state index is 11.9. The van der Waals surface area contributed by atoms with Crippen molar-refractivity contribution in [3.05, 3.63) is 51.6 Å². The Kier molecular flexibility index (Phi) is 6.86. The van der Waals surface area contributed by atoms with Crippen LogP contribution in [0.2, 0.25) is 0 Å². The molecule has 2 amide bonds. The molecule has 0 fully saturated rings. The molecule has 0 saturated carbocycles. The molecule has 2 aromatic carbocycles. The van der Waals surface area contributed by atoms with Crippen molar-refractivity contribution in [3.8, 4) is 11.5 Å². The standard InChI is InChI=1S/C17H18IN3O3/c1-3-24-15-9-8-12(10-13(15)18)11-19-21-17(22)20-14-6-4-5-7-16(14)23-2/h4-11H,3H2,1-2H3,(H2,20,21,22)/b19-11+. The lowest BCUT2D eigenvalue weighted by atomic mass is 10.2. The highest BCUT2D eigenvalue weighted by atomic mass is 127. The average molecular weight is 439 g/mol. The maximum Gasteiger partial charge on any atom is 0.339 e. The summed E-state index contributed by atoms with van der Waals surface area (Å²) in [6, 6.07) is 12.4. The molecule has 0 unspecified atom stereocenters. The van der Waals surface area contributed by atoms with Gasteiger partial charge in [-0.25, -0.2) is 10.2 Å². The Bertz CT molecular complexity index is 735. The van der Waals surface area contributed by atoms with Gasteiger partial charge in [0.2, 0.25) is 0 Å². The lowest BCUT2D eigenvalue weighted by Crippen LogP contribution is -2.24. The second kappa shape index (κ2) is 9.11. The second-order valence-electron chi connectivity index (χ2n) is 4.65. The number of nitrogens with one attached hydrogen (secondary N) is 2. The fourth-order valence-electron chi connectivity index (χ4n) is 1.93. The van der Waals surface area contributed by atoms with Crippen LogP contribution in [0.5, 0.6) is 11.5 Å². The molecule has 2 N–H and O–H groups in total. The molecule has 24 heavy (non-hydrogen) atoms. The normalized spacial score (nSPS) is 10.5. The number of benzene rings is 2. The minimum absolute atomic E-state index is 0.448. The van der Waals surface area contributed by atoms with Gasteiger partial charge in [-0.3, -0.25) is 0 Å². The van der Waals surface area contributed by atoms with Crippen LogP contribution in [0, 0.1) is 3.57 Å². The molecule has 0 radical (unpaired) electrons. The quantitative estimate of drug-likeness (QED) is 0.408. The van der Waals surface area contributed by atoms with Gasteiger partial charge in [-0.2, -0.15) is 5.10 Å². The van der Waals surface area contributed by atoms with Crippen molar-refractivity contribution in [2.75, 3.05) is 19.0 Å². The van der Waals surface area contributed by atoms with Crippen LogP contribution in [-0.2, 0) is 0 Å². The number of methoxy groups -OCH3 is 1. The summed E-state index contributed by atoms with van der Waals surface area (Å²) in [7, 11) is 1.55.